The molecule has 3 aromatic heterocycles. The number of aryl methyl sites for hydroxylation is 2. The second-order valence-corrected chi connectivity index (χ2v) is 8.07. The molecule has 7 heteroatoms. The quantitative estimate of drug-likeness (QED) is 0.464. The molecule has 0 saturated carbocycles. The number of aromatic nitrogens is 4. The van der Waals surface area contributed by atoms with Crippen LogP contribution in [-0.2, 0) is 26.7 Å². The molecule has 31 heavy (non-hydrogen) atoms. The van der Waals surface area contributed by atoms with Crippen molar-refractivity contribution in [2.24, 2.45) is 7.05 Å². The Kier molecular flexibility index (Phi) is 5.86. The topological polar surface area (TPSA) is 58.7 Å². The Hall–Kier alpha value is -3.45. The van der Waals surface area contributed by atoms with Gasteiger partial charge < -0.3 is 9.30 Å². The van der Waals surface area contributed by atoms with Gasteiger partial charge in [0.2, 0.25) is 0 Å². The van der Waals surface area contributed by atoms with Gasteiger partial charge in [0.15, 0.2) is 5.69 Å². The SMILES string of the molecule is Cc1nn(C)cc1CN(C)Cc1c(C(=O)N(C)Cc2ccccc2)nc2ccccn12. The monoisotopic (exact) mass is 416 g/mol. The molecule has 0 atom stereocenters. The Morgan fingerprint density at radius 1 is 1.00 bits per heavy atom. The molecule has 0 N–H and O–H groups in total. The van der Waals surface area contributed by atoms with E-state index in [1.807, 2.05) is 91.0 Å². The van der Waals surface area contributed by atoms with Gasteiger partial charge in [0.1, 0.15) is 5.65 Å². The van der Waals surface area contributed by atoms with Crippen LogP contribution < -0.4 is 0 Å². The molecule has 0 aliphatic rings. The number of rotatable bonds is 7. The van der Waals surface area contributed by atoms with Crippen LogP contribution in [0.1, 0.15) is 33.0 Å². The van der Waals surface area contributed by atoms with Crippen LogP contribution in [0.15, 0.2) is 60.9 Å². The van der Waals surface area contributed by atoms with E-state index < -0.39 is 0 Å². The van der Waals surface area contributed by atoms with E-state index in [0.717, 1.165) is 29.1 Å². The van der Waals surface area contributed by atoms with Gasteiger partial charge in [0.25, 0.3) is 5.91 Å². The van der Waals surface area contributed by atoms with Crippen LogP contribution in [0.2, 0.25) is 0 Å². The number of benzene rings is 1. The zero-order valence-corrected chi connectivity index (χ0v) is 18.5. The van der Waals surface area contributed by atoms with Crippen molar-refractivity contribution >= 4 is 11.6 Å². The van der Waals surface area contributed by atoms with Gasteiger partial charge >= 0.3 is 0 Å². The van der Waals surface area contributed by atoms with Gasteiger partial charge in [-0.05, 0) is 31.7 Å². The van der Waals surface area contributed by atoms with Crippen molar-refractivity contribution in [3.05, 3.63) is 89.1 Å². The molecule has 0 aliphatic carbocycles. The highest BCUT2D eigenvalue weighted by Crippen LogP contribution is 2.19. The standard InChI is InChI=1S/C24H28N6O/c1-18-20(16-29(4)26-18)15-27(2)17-21-23(25-22-12-8-9-13-30(21)22)24(31)28(3)14-19-10-6-5-7-11-19/h5-13,16H,14-15,17H2,1-4H3. The van der Waals surface area contributed by atoms with Crippen LogP contribution in [0.4, 0.5) is 0 Å². The molecule has 1 amide bonds. The fourth-order valence-corrected chi connectivity index (χ4v) is 3.89. The van der Waals surface area contributed by atoms with Crippen molar-refractivity contribution in [1.29, 1.82) is 0 Å². The maximum Gasteiger partial charge on any atom is 0.274 e. The van der Waals surface area contributed by atoms with Gasteiger partial charge in [0.05, 0.1) is 11.4 Å². The van der Waals surface area contributed by atoms with Crippen molar-refractivity contribution in [2.75, 3.05) is 14.1 Å². The first-order valence-corrected chi connectivity index (χ1v) is 10.4. The fourth-order valence-electron chi connectivity index (χ4n) is 3.89. The van der Waals surface area contributed by atoms with Crippen molar-refractivity contribution in [3.63, 3.8) is 0 Å². The Bertz CT molecular complexity index is 1190. The van der Waals surface area contributed by atoms with E-state index in [1.165, 1.54) is 5.56 Å². The Morgan fingerprint density at radius 3 is 2.45 bits per heavy atom. The summed E-state index contributed by atoms with van der Waals surface area (Å²) in [5.74, 6) is -0.0755. The van der Waals surface area contributed by atoms with Gasteiger partial charge in [-0.1, -0.05) is 36.4 Å². The third kappa shape index (κ3) is 4.51. The molecule has 4 rings (SSSR count). The molecule has 1 aromatic carbocycles. The van der Waals surface area contributed by atoms with E-state index in [2.05, 4.69) is 22.0 Å². The summed E-state index contributed by atoms with van der Waals surface area (Å²) < 4.78 is 3.84. The Balaban J connectivity index is 1.60. The van der Waals surface area contributed by atoms with E-state index in [4.69, 9.17) is 0 Å². The van der Waals surface area contributed by atoms with Crippen molar-refractivity contribution in [2.45, 2.75) is 26.6 Å². The van der Waals surface area contributed by atoms with Crippen molar-refractivity contribution in [1.82, 2.24) is 29.0 Å². The lowest BCUT2D eigenvalue weighted by molar-refractivity contribution is 0.0777. The molecule has 3 heterocycles. The molecule has 0 aliphatic heterocycles. The average molecular weight is 417 g/mol. The van der Waals surface area contributed by atoms with Crippen LogP contribution in [0.5, 0.6) is 0 Å². The first-order valence-electron chi connectivity index (χ1n) is 10.4. The first-order chi connectivity index (χ1) is 14.9. The minimum atomic E-state index is -0.0755. The summed E-state index contributed by atoms with van der Waals surface area (Å²) in [6.07, 6.45) is 4.01. The number of carbonyl (C=O) groups excluding carboxylic acids is 1. The molecular weight excluding hydrogens is 388 g/mol. The highest BCUT2D eigenvalue weighted by molar-refractivity contribution is 5.94. The number of amides is 1. The van der Waals surface area contributed by atoms with Gasteiger partial charge in [0, 0.05) is 51.7 Å². The zero-order valence-electron chi connectivity index (χ0n) is 18.5. The van der Waals surface area contributed by atoms with E-state index in [9.17, 15) is 4.79 Å². The number of nitrogens with zero attached hydrogens (tertiary/aromatic N) is 6. The highest BCUT2D eigenvalue weighted by Gasteiger charge is 2.23. The Morgan fingerprint density at radius 2 is 1.74 bits per heavy atom. The van der Waals surface area contributed by atoms with Gasteiger partial charge in [-0.15, -0.1) is 0 Å². The largest absolute Gasteiger partial charge is 0.336 e. The van der Waals surface area contributed by atoms with Crippen LogP contribution in [0, 0.1) is 6.92 Å². The minimum absolute atomic E-state index is 0.0755. The second-order valence-electron chi connectivity index (χ2n) is 8.07. The lowest BCUT2D eigenvalue weighted by Gasteiger charge is -2.19. The molecule has 0 unspecified atom stereocenters. The summed E-state index contributed by atoms with van der Waals surface area (Å²) in [5.41, 5.74) is 5.45. The lowest BCUT2D eigenvalue weighted by atomic mass is 10.2. The summed E-state index contributed by atoms with van der Waals surface area (Å²) in [6, 6.07) is 15.8. The average Bonchev–Trinajstić information content (AvgIpc) is 3.27. The number of hydrogen-bond acceptors (Lipinski definition) is 4. The maximum atomic E-state index is 13.4. The molecule has 160 valence electrons. The van der Waals surface area contributed by atoms with Gasteiger partial charge in [-0.25, -0.2) is 4.98 Å². The number of carbonyl (C=O) groups is 1. The van der Waals surface area contributed by atoms with Crippen LogP contribution in [-0.4, -0.2) is 49.0 Å². The highest BCUT2D eigenvalue weighted by atomic mass is 16.2. The van der Waals surface area contributed by atoms with Crippen LogP contribution >= 0.6 is 0 Å². The molecule has 0 saturated heterocycles. The number of imidazole rings is 1. The van der Waals surface area contributed by atoms with Crippen molar-refractivity contribution < 1.29 is 4.79 Å². The molecular formula is C24H28N6O. The number of fused-ring (bicyclic) bond motifs is 1. The molecule has 0 bridgehead atoms. The van der Waals surface area contributed by atoms with Gasteiger partial charge in [-0.2, -0.15) is 5.10 Å². The third-order valence-corrected chi connectivity index (χ3v) is 5.42. The predicted octanol–water partition coefficient (Wildman–Crippen LogP) is 3.28. The molecule has 0 radical (unpaired) electrons. The summed E-state index contributed by atoms with van der Waals surface area (Å²) in [5, 5.41) is 4.43. The molecule has 7 nitrogen and oxygen atoms in total. The van der Waals surface area contributed by atoms with Crippen LogP contribution in [0.3, 0.4) is 0 Å². The van der Waals surface area contributed by atoms with Crippen molar-refractivity contribution in [3.8, 4) is 0 Å². The smallest absolute Gasteiger partial charge is 0.274 e. The second kappa shape index (κ2) is 8.73. The normalized spacial score (nSPS) is 11.4. The molecule has 0 fully saturated rings. The van der Waals surface area contributed by atoms with Crippen LogP contribution in [0.25, 0.3) is 5.65 Å². The summed E-state index contributed by atoms with van der Waals surface area (Å²) in [6.45, 7) is 3.90. The number of pyridine rings is 1. The third-order valence-electron chi connectivity index (χ3n) is 5.42. The van der Waals surface area contributed by atoms with E-state index in [-0.39, 0.29) is 5.91 Å². The minimum Gasteiger partial charge on any atom is -0.336 e. The van der Waals surface area contributed by atoms with E-state index in [1.54, 1.807) is 4.90 Å². The summed E-state index contributed by atoms with van der Waals surface area (Å²) in [4.78, 5) is 22.0. The molecule has 0 spiro atoms. The maximum absolute atomic E-state index is 13.4. The van der Waals surface area contributed by atoms with Gasteiger partial charge in [-0.3, -0.25) is 14.4 Å². The summed E-state index contributed by atoms with van der Waals surface area (Å²) in [7, 11) is 5.81. The van der Waals surface area contributed by atoms with E-state index >= 15 is 0 Å². The predicted molar refractivity (Wildman–Crippen MR) is 121 cm³/mol. The van der Waals surface area contributed by atoms with E-state index in [0.29, 0.717) is 18.8 Å². The zero-order chi connectivity index (χ0) is 22.0. The number of hydrogen-bond donors (Lipinski definition) is 0. The Labute approximate surface area is 182 Å². The lowest BCUT2D eigenvalue weighted by Crippen LogP contribution is -2.28. The fraction of sp³-hybridized carbons (Fsp3) is 0.292. The molecule has 4 aromatic rings. The summed E-state index contributed by atoms with van der Waals surface area (Å²) >= 11 is 0. The first kappa shape index (κ1) is 20.8.